The highest BCUT2D eigenvalue weighted by atomic mass is 19.4. The van der Waals surface area contributed by atoms with E-state index in [2.05, 4.69) is 37.5 Å². The Morgan fingerprint density at radius 3 is 1.98 bits per heavy atom. The Morgan fingerprint density at radius 2 is 1.43 bits per heavy atom. The van der Waals surface area contributed by atoms with Gasteiger partial charge in [0.05, 0.1) is 16.7 Å². The number of likely N-dealkylation sites (N-methyl/N-ethyl adjacent to an activating group) is 1. The Hall–Kier alpha value is -3.94. The SMILES string of the molecule is C=c1cc2c(cc1/C(C)=C\C(C)(C)C)=C(c1cc(C(F)(F)F)cc(C(F)(F)F)c1)c1cc3c(cc1O2)N(C)C(C)(C)C=C3C. The van der Waals surface area contributed by atoms with Crippen molar-refractivity contribution in [3.05, 3.63) is 98.4 Å². The zero-order chi connectivity index (χ0) is 32.7. The number of alkyl halides is 6. The number of ether oxygens (including phenoxy) is 1. The minimum atomic E-state index is -4.99. The van der Waals surface area contributed by atoms with Crippen molar-refractivity contribution in [2.24, 2.45) is 5.41 Å². The van der Waals surface area contributed by atoms with E-state index in [-0.39, 0.29) is 28.2 Å². The molecule has 0 aliphatic carbocycles. The summed E-state index contributed by atoms with van der Waals surface area (Å²) in [4.78, 5) is 2.07. The fraction of sp³-hybridized carbons (Fsp3) is 0.333. The molecule has 0 bridgehead atoms. The third-order valence-corrected chi connectivity index (χ3v) is 8.23. The van der Waals surface area contributed by atoms with Gasteiger partial charge in [-0.2, -0.15) is 26.3 Å². The summed E-state index contributed by atoms with van der Waals surface area (Å²) in [6, 6.07) is 8.81. The minimum Gasteiger partial charge on any atom is -0.456 e. The molecule has 0 radical (unpaired) electrons. The molecule has 3 aromatic carbocycles. The maximum atomic E-state index is 14.0. The van der Waals surface area contributed by atoms with Gasteiger partial charge in [-0.05, 0) is 97.0 Å². The van der Waals surface area contributed by atoms with Crippen LogP contribution in [-0.2, 0) is 12.4 Å². The highest BCUT2D eigenvalue weighted by molar-refractivity contribution is 5.92. The third kappa shape index (κ3) is 5.66. The zero-order valence-corrected chi connectivity index (χ0v) is 26.0. The van der Waals surface area contributed by atoms with Crippen molar-refractivity contribution in [3.63, 3.8) is 0 Å². The summed E-state index contributed by atoms with van der Waals surface area (Å²) in [7, 11) is 1.93. The van der Waals surface area contributed by atoms with Crippen molar-refractivity contribution >= 4 is 29.0 Å². The number of fused-ring (bicyclic) bond motifs is 3. The zero-order valence-electron chi connectivity index (χ0n) is 26.0. The summed E-state index contributed by atoms with van der Waals surface area (Å²) >= 11 is 0. The Bertz CT molecular complexity index is 1830. The van der Waals surface area contributed by atoms with Gasteiger partial charge in [0.15, 0.2) is 0 Å². The fourth-order valence-corrected chi connectivity index (χ4v) is 6.13. The first-order valence-corrected chi connectivity index (χ1v) is 14.2. The second-order valence-corrected chi connectivity index (χ2v) is 13.4. The molecule has 0 aromatic heterocycles. The molecular formula is C36H35F6NO. The first-order valence-electron chi connectivity index (χ1n) is 14.2. The van der Waals surface area contributed by atoms with Gasteiger partial charge in [0.25, 0.3) is 0 Å². The smallest absolute Gasteiger partial charge is 0.416 e. The quantitative estimate of drug-likeness (QED) is 0.209. The van der Waals surface area contributed by atoms with Gasteiger partial charge < -0.3 is 9.64 Å². The van der Waals surface area contributed by atoms with Crippen molar-refractivity contribution < 1.29 is 31.1 Å². The van der Waals surface area contributed by atoms with Gasteiger partial charge in [0, 0.05) is 40.7 Å². The van der Waals surface area contributed by atoms with Crippen molar-refractivity contribution in [2.45, 2.75) is 66.4 Å². The van der Waals surface area contributed by atoms with E-state index in [0.717, 1.165) is 40.1 Å². The number of rotatable bonds is 2. The first kappa shape index (κ1) is 31.5. The van der Waals surface area contributed by atoms with Gasteiger partial charge in [-0.3, -0.25) is 0 Å². The minimum absolute atomic E-state index is 0.155. The van der Waals surface area contributed by atoms with Crippen molar-refractivity contribution in [2.75, 3.05) is 11.9 Å². The molecule has 0 spiro atoms. The van der Waals surface area contributed by atoms with Crippen LogP contribution in [0.2, 0.25) is 0 Å². The van der Waals surface area contributed by atoms with Crippen LogP contribution >= 0.6 is 0 Å². The van der Waals surface area contributed by atoms with E-state index in [1.54, 1.807) is 12.1 Å². The van der Waals surface area contributed by atoms with Crippen molar-refractivity contribution in [1.82, 2.24) is 0 Å². The summed E-state index contributed by atoms with van der Waals surface area (Å²) in [5.74, 6) is 0.643. The van der Waals surface area contributed by atoms with Crippen LogP contribution in [0.3, 0.4) is 0 Å². The molecule has 2 nitrogen and oxygen atoms in total. The Morgan fingerprint density at radius 1 is 0.841 bits per heavy atom. The van der Waals surface area contributed by atoms with Gasteiger partial charge in [-0.15, -0.1) is 0 Å². The first-order chi connectivity index (χ1) is 20.1. The molecule has 2 aliphatic rings. The molecule has 232 valence electrons. The van der Waals surface area contributed by atoms with Gasteiger partial charge in [-0.25, -0.2) is 0 Å². The highest BCUT2D eigenvalue weighted by Crippen LogP contribution is 2.47. The molecule has 0 fully saturated rings. The van der Waals surface area contributed by atoms with Crippen LogP contribution in [-0.4, -0.2) is 12.6 Å². The van der Waals surface area contributed by atoms with E-state index in [1.165, 1.54) is 0 Å². The van der Waals surface area contributed by atoms with Gasteiger partial charge in [0.1, 0.15) is 11.5 Å². The largest absolute Gasteiger partial charge is 0.456 e. The van der Waals surface area contributed by atoms with E-state index < -0.39 is 23.5 Å². The molecule has 0 saturated heterocycles. The number of hydrogen-bond donors (Lipinski definition) is 0. The number of benzene rings is 3. The average molecular weight is 612 g/mol. The van der Waals surface area contributed by atoms with Gasteiger partial charge >= 0.3 is 12.4 Å². The molecule has 3 aromatic rings. The molecule has 0 saturated carbocycles. The molecule has 2 aliphatic heterocycles. The van der Waals surface area contributed by atoms with Crippen molar-refractivity contribution in [3.8, 4) is 11.5 Å². The normalized spacial score (nSPS) is 16.6. The van der Waals surface area contributed by atoms with Crippen LogP contribution in [0.1, 0.15) is 81.8 Å². The number of allylic oxidation sites excluding steroid dienone is 3. The van der Waals surface area contributed by atoms with Crippen LogP contribution in [0.25, 0.3) is 23.3 Å². The molecule has 0 unspecified atom stereocenters. The van der Waals surface area contributed by atoms with Crippen LogP contribution in [0.15, 0.2) is 54.6 Å². The van der Waals surface area contributed by atoms with Gasteiger partial charge in [-0.1, -0.05) is 39.5 Å². The molecule has 0 N–H and O–H groups in total. The van der Waals surface area contributed by atoms with Crippen LogP contribution in [0.4, 0.5) is 32.0 Å². The number of hydrogen-bond acceptors (Lipinski definition) is 2. The lowest BCUT2D eigenvalue weighted by atomic mass is 9.84. The van der Waals surface area contributed by atoms with Crippen LogP contribution < -0.4 is 20.1 Å². The van der Waals surface area contributed by atoms with E-state index in [1.807, 2.05) is 53.8 Å². The topological polar surface area (TPSA) is 12.5 Å². The molecule has 44 heavy (non-hydrogen) atoms. The van der Waals surface area contributed by atoms with Crippen molar-refractivity contribution in [1.29, 1.82) is 0 Å². The monoisotopic (exact) mass is 611 g/mol. The summed E-state index contributed by atoms with van der Waals surface area (Å²) in [5, 5.41) is 1.01. The maximum Gasteiger partial charge on any atom is 0.416 e. The summed E-state index contributed by atoms with van der Waals surface area (Å²) in [6.07, 6.45) is -5.86. The summed E-state index contributed by atoms with van der Waals surface area (Å²) in [5.41, 5.74) is 1.35. The number of anilines is 1. The summed E-state index contributed by atoms with van der Waals surface area (Å²) < 4.78 is 90.6. The molecule has 5 rings (SSSR count). The average Bonchev–Trinajstić information content (AvgIpc) is 2.87. The van der Waals surface area contributed by atoms with Crippen LogP contribution in [0, 0.1) is 5.41 Å². The number of halogens is 6. The number of nitrogens with zero attached hydrogens (tertiary/aromatic N) is 1. The van der Waals surface area contributed by atoms with Gasteiger partial charge in [0.2, 0.25) is 0 Å². The van der Waals surface area contributed by atoms with E-state index in [4.69, 9.17) is 4.74 Å². The lowest BCUT2D eigenvalue weighted by molar-refractivity contribution is -0.143. The van der Waals surface area contributed by atoms with E-state index >= 15 is 0 Å². The lowest BCUT2D eigenvalue weighted by Crippen LogP contribution is -2.42. The van der Waals surface area contributed by atoms with E-state index in [0.29, 0.717) is 27.5 Å². The summed E-state index contributed by atoms with van der Waals surface area (Å²) in [6.45, 7) is 18.3. The second kappa shape index (κ2) is 10.0. The molecule has 2 heterocycles. The highest BCUT2D eigenvalue weighted by Gasteiger charge is 2.38. The predicted octanol–water partition coefficient (Wildman–Crippen LogP) is 9.57. The Labute approximate surface area is 253 Å². The Balaban J connectivity index is 1.94. The van der Waals surface area contributed by atoms with E-state index in [9.17, 15) is 26.3 Å². The van der Waals surface area contributed by atoms with Crippen LogP contribution in [0.5, 0.6) is 11.5 Å². The third-order valence-electron chi connectivity index (χ3n) is 8.23. The molecule has 0 amide bonds. The lowest BCUT2D eigenvalue weighted by Gasteiger charge is -2.41. The molecule has 0 atom stereocenters. The fourth-order valence-electron chi connectivity index (χ4n) is 6.13. The standard InChI is InChI=1S/C36H35F6NO/c1-19-10-30-27(14-25(19)20(2)17-33(4,5)6)32(22-11-23(35(37,38)39)13-24(12-22)36(40,41)42)28-15-26-21(3)18-34(7,8)43(9)29(26)16-31(28)44-30/h10-18H,1H2,2-9H3/b20-17-. The predicted molar refractivity (Wildman–Crippen MR) is 165 cm³/mol. The maximum absolute atomic E-state index is 14.0. The Kier molecular flexibility index (Phi) is 7.19. The second-order valence-electron chi connectivity index (χ2n) is 13.4. The molecular weight excluding hydrogens is 576 g/mol. The molecule has 8 heteroatoms.